The van der Waals surface area contributed by atoms with Gasteiger partial charge in [0, 0.05) is 37.0 Å². The van der Waals surface area contributed by atoms with Gasteiger partial charge in [-0.3, -0.25) is 0 Å². The van der Waals surface area contributed by atoms with E-state index in [2.05, 4.69) is 28.0 Å². The first kappa shape index (κ1) is 14.7. The molecule has 0 spiro atoms. The van der Waals surface area contributed by atoms with Crippen molar-refractivity contribution in [1.82, 2.24) is 0 Å². The van der Waals surface area contributed by atoms with E-state index in [1.807, 2.05) is 6.07 Å². The Hall–Kier alpha value is -1.90. The van der Waals surface area contributed by atoms with E-state index in [1.165, 1.54) is 55.3 Å². The Labute approximate surface area is 138 Å². The zero-order valence-corrected chi connectivity index (χ0v) is 13.8. The van der Waals surface area contributed by atoms with Crippen molar-refractivity contribution in [2.24, 2.45) is 0 Å². The van der Waals surface area contributed by atoms with Gasteiger partial charge in [-0.2, -0.15) is 0 Å². The monoisotopic (exact) mass is 310 g/mol. The molecule has 2 aromatic carbocycles. The van der Waals surface area contributed by atoms with Crippen LogP contribution in [0.2, 0.25) is 0 Å². The minimum Gasteiger partial charge on any atom is -0.507 e. The second-order valence-electron chi connectivity index (χ2n) is 6.90. The average molecular weight is 310 g/mol. The molecule has 2 fully saturated rings. The van der Waals surface area contributed by atoms with Crippen LogP contribution >= 0.6 is 0 Å². The Morgan fingerprint density at radius 1 is 0.652 bits per heavy atom. The summed E-state index contributed by atoms with van der Waals surface area (Å²) in [6.07, 6.45) is 7.81. The van der Waals surface area contributed by atoms with Crippen LogP contribution in [0.5, 0.6) is 5.75 Å². The fourth-order valence-electron chi connectivity index (χ4n) is 4.15. The topological polar surface area (TPSA) is 26.7 Å². The van der Waals surface area contributed by atoms with Gasteiger partial charge in [0.05, 0.1) is 11.4 Å². The molecule has 0 amide bonds. The number of nitrogens with zero attached hydrogens (tertiary/aromatic N) is 2. The Kier molecular flexibility index (Phi) is 4.02. The third kappa shape index (κ3) is 2.73. The van der Waals surface area contributed by atoms with Gasteiger partial charge in [0.1, 0.15) is 5.75 Å². The van der Waals surface area contributed by atoms with Crippen LogP contribution in [0, 0.1) is 0 Å². The van der Waals surface area contributed by atoms with Crippen molar-refractivity contribution in [3.8, 4) is 5.75 Å². The van der Waals surface area contributed by atoms with Gasteiger partial charge in [0.2, 0.25) is 0 Å². The molecule has 3 nitrogen and oxygen atoms in total. The predicted molar refractivity (Wildman–Crippen MR) is 97.7 cm³/mol. The van der Waals surface area contributed by atoms with E-state index >= 15 is 0 Å². The minimum absolute atomic E-state index is 0.394. The van der Waals surface area contributed by atoms with Gasteiger partial charge in [-0.15, -0.1) is 0 Å². The lowest BCUT2D eigenvalue weighted by Gasteiger charge is -2.37. The molecule has 2 saturated heterocycles. The number of piperidine rings is 2. The maximum atomic E-state index is 10.3. The largest absolute Gasteiger partial charge is 0.507 e. The Morgan fingerprint density at radius 2 is 1.30 bits per heavy atom. The molecule has 2 aliphatic rings. The third-order valence-corrected chi connectivity index (χ3v) is 5.36. The fraction of sp³-hybridized carbons (Fsp3) is 0.500. The first-order valence-corrected chi connectivity index (χ1v) is 9.09. The van der Waals surface area contributed by atoms with E-state index in [0.29, 0.717) is 5.75 Å². The van der Waals surface area contributed by atoms with Crippen LogP contribution in [-0.4, -0.2) is 31.3 Å². The molecule has 0 radical (unpaired) electrons. The molecular formula is C20H26N2O. The fourth-order valence-corrected chi connectivity index (χ4v) is 4.15. The van der Waals surface area contributed by atoms with Gasteiger partial charge in [0.15, 0.2) is 0 Å². The lowest BCUT2D eigenvalue weighted by atomic mass is 10.0. The van der Waals surface area contributed by atoms with Crippen molar-refractivity contribution in [3.05, 3.63) is 30.3 Å². The number of rotatable bonds is 2. The first-order chi connectivity index (χ1) is 11.3. The van der Waals surface area contributed by atoms with Gasteiger partial charge >= 0.3 is 0 Å². The molecule has 1 N–H and O–H groups in total. The lowest BCUT2D eigenvalue weighted by molar-refractivity contribution is 0.481. The Bertz CT molecular complexity index is 685. The highest BCUT2D eigenvalue weighted by atomic mass is 16.3. The van der Waals surface area contributed by atoms with Gasteiger partial charge in [0.25, 0.3) is 0 Å². The van der Waals surface area contributed by atoms with Crippen LogP contribution in [0.1, 0.15) is 38.5 Å². The van der Waals surface area contributed by atoms with Gasteiger partial charge in [-0.05, 0) is 56.7 Å². The van der Waals surface area contributed by atoms with Crippen molar-refractivity contribution in [3.63, 3.8) is 0 Å². The quantitative estimate of drug-likeness (QED) is 0.883. The number of phenolic OH excluding ortho intramolecular Hbond substituents is 1. The second kappa shape index (κ2) is 6.31. The summed E-state index contributed by atoms with van der Waals surface area (Å²) < 4.78 is 0. The van der Waals surface area contributed by atoms with Gasteiger partial charge in [-0.25, -0.2) is 0 Å². The smallest absolute Gasteiger partial charge is 0.123 e. The van der Waals surface area contributed by atoms with Crippen molar-refractivity contribution in [2.75, 3.05) is 36.0 Å². The van der Waals surface area contributed by atoms with Crippen molar-refractivity contribution >= 4 is 22.1 Å². The first-order valence-electron chi connectivity index (χ1n) is 9.09. The third-order valence-electron chi connectivity index (χ3n) is 5.36. The van der Waals surface area contributed by atoms with Gasteiger partial charge in [-0.1, -0.05) is 12.1 Å². The molecule has 122 valence electrons. The molecule has 4 rings (SSSR count). The zero-order valence-electron chi connectivity index (χ0n) is 13.8. The Balaban J connectivity index is 1.86. The molecule has 3 heteroatoms. The number of aromatic hydroxyl groups is 1. The normalized spacial score (nSPS) is 19.3. The number of benzene rings is 2. The number of phenols is 1. The van der Waals surface area contributed by atoms with E-state index in [1.54, 1.807) is 6.07 Å². The molecule has 0 saturated carbocycles. The van der Waals surface area contributed by atoms with E-state index in [4.69, 9.17) is 0 Å². The standard InChI is InChI=1S/C20H26N2O/c23-19-9-7-8-17-16(19)10-11-18(21-12-3-1-4-13-21)20(17)22-14-5-2-6-15-22/h7-11,23H,1-6,12-15H2. The number of hydrogen-bond acceptors (Lipinski definition) is 3. The molecule has 2 heterocycles. The van der Waals surface area contributed by atoms with E-state index in [0.717, 1.165) is 31.6 Å². The predicted octanol–water partition coefficient (Wildman–Crippen LogP) is 4.53. The van der Waals surface area contributed by atoms with Gasteiger partial charge < -0.3 is 14.9 Å². The molecule has 23 heavy (non-hydrogen) atoms. The molecule has 2 aliphatic heterocycles. The maximum absolute atomic E-state index is 10.3. The summed E-state index contributed by atoms with van der Waals surface area (Å²) in [7, 11) is 0. The highest BCUT2D eigenvalue weighted by Gasteiger charge is 2.22. The summed E-state index contributed by atoms with van der Waals surface area (Å²) >= 11 is 0. The average Bonchev–Trinajstić information content (AvgIpc) is 2.62. The molecule has 0 aliphatic carbocycles. The van der Waals surface area contributed by atoms with Crippen molar-refractivity contribution in [2.45, 2.75) is 38.5 Å². The highest BCUT2D eigenvalue weighted by Crippen LogP contribution is 2.41. The van der Waals surface area contributed by atoms with Crippen LogP contribution in [0.25, 0.3) is 10.8 Å². The summed E-state index contributed by atoms with van der Waals surface area (Å²) in [5.41, 5.74) is 2.71. The van der Waals surface area contributed by atoms with Crippen molar-refractivity contribution < 1.29 is 5.11 Å². The highest BCUT2D eigenvalue weighted by molar-refractivity contribution is 6.03. The minimum atomic E-state index is 0.394. The molecule has 0 bridgehead atoms. The van der Waals surface area contributed by atoms with Crippen LogP contribution in [0.3, 0.4) is 0 Å². The molecule has 0 atom stereocenters. The van der Waals surface area contributed by atoms with E-state index in [9.17, 15) is 5.11 Å². The molecule has 0 aromatic heterocycles. The number of anilines is 2. The second-order valence-corrected chi connectivity index (χ2v) is 6.90. The zero-order chi connectivity index (χ0) is 15.6. The van der Waals surface area contributed by atoms with Crippen LogP contribution in [0.15, 0.2) is 30.3 Å². The molecular weight excluding hydrogens is 284 g/mol. The summed E-state index contributed by atoms with van der Waals surface area (Å²) in [4.78, 5) is 5.10. The maximum Gasteiger partial charge on any atom is 0.123 e. The summed E-state index contributed by atoms with van der Waals surface area (Å²) in [5.74, 6) is 0.394. The number of fused-ring (bicyclic) bond motifs is 1. The summed E-state index contributed by atoms with van der Waals surface area (Å²) in [6.45, 7) is 4.58. The summed E-state index contributed by atoms with van der Waals surface area (Å²) in [5, 5.41) is 12.4. The van der Waals surface area contributed by atoms with E-state index < -0.39 is 0 Å². The lowest BCUT2D eigenvalue weighted by Crippen LogP contribution is -2.34. The SMILES string of the molecule is Oc1cccc2c(N3CCCCC3)c(N3CCCCC3)ccc12. The van der Waals surface area contributed by atoms with E-state index in [-0.39, 0.29) is 0 Å². The van der Waals surface area contributed by atoms with Crippen LogP contribution in [-0.2, 0) is 0 Å². The van der Waals surface area contributed by atoms with Crippen molar-refractivity contribution in [1.29, 1.82) is 0 Å². The van der Waals surface area contributed by atoms with Crippen LogP contribution in [0.4, 0.5) is 11.4 Å². The molecule has 0 unspecified atom stereocenters. The number of hydrogen-bond donors (Lipinski definition) is 1. The molecule has 2 aromatic rings. The summed E-state index contributed by atoms with van der Waals surface area (Å²) in [6, 6.07) is 10.3. The van der Waals surface area contributed by atoms with Crippen LogP contribution < -0.4 is 9.80 Å². The Morgan fingerprint density at radius 3 is 2.00 bits per heavy atom.